The molecular weight excluding hydrogens is 541 g/mol. The Morgan fingerprint density at radius 1 is 1.03 bits per heavy atom. The van der Waals surface area contributed by atoms with Gasteiger partial charge in [0.2, 0.25) is 21.8 Å². The predicted molar refractivity (Wildman–Crippen MR) is 146 cm³/mol. The van der Waals surface area contributed by atoms with E-state index >= 15 is 0 Å². The molecule has 12 heteroatoms. The first-order valence-electron chi connectivity index (χ1n) is 11.6. The summed E-state index contributed by atoms with van der Waals surface area (Å²) >= 11 is 12.7. The van der Waals surface area contributed by atoms with Crippen LogP contribution in [0.2, 0.25) is 10.0 Å². The van der Waals surface area contributed by atoms with Crippen LogP contribution in [0.5, 0.6) is 11.5 Å². The average molecular weight is 575 g/mol. The van der Waals surface area contributed by atoms with E-state index in [1.165, 1.54) is 31.3 Å². The highest BCUT2D eigenvalue weighted by molar-refractivity contribution is 7.92. The molecule has 2 rings (SSSR count). The van der Waals surface area contributed by atoms with Crippen molar-refractivity contribution in [2.75, 3.05) is 31.3 Å². The zero-order valence-electron chi connectivity index (χ0n) is 21.7. The molecule has 0 aliphatic carbocycles. The van der Waals surface area contributed by atoms with Crippen molar-refractivity contribution in [3.8, 4) is 11.5 Å². The van der Waals surface area contributed by atoms with Gasteiger partial charge in [-0.05, 0) is 44.5 Å². The highest BCUT2D eigenvalue weighted by Crippen LogP contribution is 2.33. The normalized spacial score (nSPS) is 12.9. The molecule has 0 aromatic heterocycles. The predicted octanol–water partition coefficient (Wildman–Crippen LogP) is 4.11. The smallest absolute Gasteiger partial charge is 0.244 e. The van der Waals surface area contributed by atoms with E-state index in [-0.39, 0.29) is 24.2 Å². The van der Waals surface area contributed by atoms with Crippen LogP contribution in [0.4, 0.5) is 5.69 Å². The van der Waals surface area contributed by atoms with Crippen molar-refractivity contribution in [2.24, 2.45) is 0 Å². The number of ether oxygens (including phenoxy) is 2. The molecule has 0 aliphatic heterocycles. The maximum atomic E-state index is 13.7. The summed E-state index contributed by atoms with van der Waals surface area (Å²) in [5.74, 6) is -0.315. The Morgan fingerprint density at radius 3 is 2.14 bits per heavy atom. The van der Waals surface area contributed by atoms with E-state index in [1.807, 2.05) is 13.8 Å². The third-order valence-corrected chi connectivity index (χ3v) is 7.74. The third-order valence-electron chi connectivity index (χ3n) is 5.89. The summed E-state index contributed by atoms with van der Waals surface area (Å²) in [4.78, 5) is 27.9. The monoisotopic (exact) mass is 573 g/mol. The van der Waals surface area contributed by atoms with Crippen LogP contribution in [0.25, 0.3) is 0 Å². The Labute approximate surface area is 228 Å². The Morgan fingerprint density at radius 2 is 1.62 bits per heavy atom. The molecule has 2 aromatic rings. The van der Waals surface area contributed by atoms with E-state index in [0.717, 1.165) is 10.6 Å². The topological polar surface area (TPSA) is 105 Å². The number of sulfonamides is 1. The fraction of sp³-hybridized carbons (Fsp3) is 0.440. The number of halogens is 2. The number of carbonyl (C=O) groups is 2. The lowest BCUT2D eigenvalue weighted by Crippen LogP contribution is -2.52. The number of methoxy groups -OCH3 is 2. The van der Waals surface area contributed by atoms with Gasteiger partial charge in [-0.15, -0.1) is 0 Å². The number of benzene rings is 2. The lowest BCUT2D eigenvalue weighted by molar-refractivity contribution is -0.139. The van der Waals surface area contributed by atoms with Gasteiger partial charge in [0.15, 0.2) is 11.5 Å². The van der Waals surface area contributed by atoms with E-state index in [4.69, 9.17) is 32.7 Å². The van der Waals surface area contributed by atoms with Crippen LogP contribution in [0.15, 0.2) is 36.4 Å². The molecule has 0 unspecified atom stereocenters. The summed E-state index contributed by atoms with van der Waals surface area (Å²) in [6.45, 7) is 4.67. The quantitative estimate of drug-likeness (QED) is 0.409. The number of amides is 2. The summed E-state index contributed by atoms with van der Waals surface area (Å²) in [6.07, 6.45) is 1.69. The molecule has 2 atom stereocenters. The summed E-state index contributed by atoms with van der Waals surface area (Å²) in [5, 5.41) is 3.50. The molecular formula is C25H33Cl2N3O6S. The lowest BCUT2D eigenvalue weighted by atomic mass is 10.1. The largest absolute Gasteiger partial charge is 0.493 e. The van der Waals surface area contributed by atoms with Crippen molar-refractivity contribution < 1.29 is 27.5 Å². The molecule has 204 valence electrons. The Hall–Kier alpha value is -2.69. The molecule has 2 aromatic carbocycles. The molecule has 9 nitrogen and oxygen atoms in total. The van der Waals surface area contributed by atoms with Gasteiger partial charge in [-0.1, -0.05) is 36.2 Å². The molecule has 37 heavy (non-hydrogen) atoms. The number of nitrogens with one attached hydrogen (secondary N) is 1. The van der Waals surface area contributed by atoms with Crippen LogP contribution in [0, 0.1) is 0 Å². The molecule has 0 bridgehead atoms. The van der Waals surface area contributed by atoms with Crippen molar-refractivity contribution in [3.63, 3.8) is 0 Å². The second-order valence-corrected chi connectivity index (χ2v) is 11.2. The van der Waals surface area contributed by atoms with Gasteiger partial charge in [-0.2, -0.15) is 0 Å². The van der Waals surface area contributed by atoms with Crippen LogP contribution < -0.4 is 19.1 Å². The van der Waals surface area contributed by atoms with Crippen molar-refractivity contribution in [3.05, 3.63) is 52.0 Å². The zero-order chi connectivity index (χ0) is 27.9. The van der Waals surface area contributed by atoms with Gasteiger partial charge in [-0.3, -0.25) is 13.9 Å². The zero-order valence-corrected chi connectivity index (χ0v) is 24.1. The molecule has 0 radical (unpaired) electrons. The molecule has 0 saturated carbocycles. The highest BCUT2D eigenvalue weighted by Gasteiger charge is 2.31. The Balaban J connectivity index is 2.49. The third kappa shape index (κ3) is 7.90. The first-order chi connectivity index (χ1) is 17.3. The van der Waals surface area contributed by atoms with Gasteiger partial charge in [-0.25, -0.2) is 8.42 Å². The molecule has 0 fully saturated rings. The summed E-state index contributed by atoms with van der Waals surface area (Å²) in [7, 11) is -1.03. The van der Waals surface area contributed by atoms with Gasteiger partial charge < -0.3 is 19.7 Å². The summed E-state index contributed by atoms with van der Waals surface area (Å²) in [5.41, 5.74) is 0.639. The first kappa shape index (κ1) is 30.5. The maximum Gasteiger partial charge on any atom is 0.244 e. The Kier molecular flexibility index (Phi) is 10.9. The second kappa shape index (κ2) is 13.2. The van der Waals surface area contributed by atoms with Gasteiger partial charge in [0.25, 0.3) is 0 Å². The number of rotatable bonds is 12. The van der Waals surface area contributed by atoms with E-state index in [0.29, 0.717) is 33.5 Å². The van der Waals surface area contributed by atoms with Crippen LogP contribution in [-0.4, -0.2) is 64.2 Å². The number of carbonyl (C=O) groups excluding carboxylic acids is 2. The molecule has 0 heterocycles. The molecule has 0 saturated heterocycles. The fourth-order valence-corrected chi connectivity index (χ4v) is 4.85. The Bertz CT molecular complexity index is 1200. The van der Waals surface area contributed by atoms with Crippen LogP contribution >= 0.6 is 23.2 Å². The van der Waals surface area contributed by atoms with E-state index in [2.05, 4.69) is 5.32 Å². The van der Waals surface area contributed by atoms with E-state index in [9.17, 15) is 18.0 Å². The molecule has 0 spiro atoms. The minimum Gasteiger partial charge on any atom is -0.493 e. The van der Waals surface area contributed by atoms with Crippen molar-refractivity contribution >= 4 is 50.7 Å². The van der Waals surface area contributed by atoms with Crippen molar-refractivity contribution in [1.29, 1.82) is 0 Å². The van der Waals surface area contributed by atoms with E-state index < -0.39 is 28.5 Å². The number of hydrogen-bond acceptors (Lipinski definition) is 6. The van der Waals surface area contributed by atoms with Crippen molar-refractivity contribution in [2.45, 2.75) is 45.8 Å². The summed E-state index contributed by atoms with van der Waals surface area (Å²) in [6, 6.07) is 8.37. The van der Waals surface area contributed by atoms with Crippen LogP contribution in [0.1, 0.15) is 32.8 Å². The number of nitrogens with zero attached hydrogens (tertiary/aromatic N) is 2. The van der Waals surface area contributed by atoms with E-state index in [1.54, 1.807) is 31.2 Å². The van der Waals surface area contributed by atoms with Gasteiger partial charge in [0.05, 0.1) is 26.2 Å². The minimum atomic E-state index is -3.91. The molecule has 2 amide bonds. The standard InChI is InChI=1S/C25H33Cl2N3O6S/c1-7-16(2)28-25(32)17(3)29(14-19-20(26)9-8-10-21(19)27)24(31)15-30(37(6,33)34)18-11-12-22(35-4)23(13-18)36-5/h8-13,16-17H,7,14-15H2,1-6H3,(H,28,32)/t16-,17-/m0/s1. The lowest BCUT2D eigenvalue weighted by Gasteiger charge is -2.32. The fourth-order valence-electron chi connectivity index (χ4n) is 3.50. The van der Waals surface area contributed by atoms with Gasteiger partial charge >= 0.3 is 0 Å². The first-order valence-corrected chi connectivity index (χ1v) is 14.2. The highest BCUT2D eigenvalue weighted by atomic mass is 35.5. The number of anilines is 1. The SMILES string of the molecule is CC[C@H](C)NC(=O)[C@H](C)N(Cc1c(Cl)cccc1Cl)C(=O)CN(c1ccc(OC)c(OC)c1)S(C)(=O)=O. The van der Waals surface area contributed by atoms with Crippen LogP contribution in [0.3, 0.4) is 0 Å². The van der Waals surface area contributed by atoms with Crippen LogP contribution in [-0.2, 0) is 26.2 Å². The average Bonchev–Trinajstić information content (AvgIpc) is 2.85. The van der Waals surface area contributed by atoms with Crippen molar-refractivity contribution in [1.82, 2.24) is 10.2 Å². The van der Waals surface area contributed by atoms with Gasteiger partial charge in [0, 0.05) is 34.3 Å². The molecule has 1 N–H and O–H groups in total. The summed E-state index contributed by atoms with van der Waals surface area (Å²) < 4.78 is 37.0. The maximum absolute atomic E-state index is 13.7. The number of hydrogen-bond donors (Lipinski definition) is 1. The second-order valence-electron chi connectivity index (χ2n) is 8.52. The minimum absolute atomic E-state index is 0.101. The molecule has 0 aliphatic rings. The van der Waals surface area contributed by atoms with Gasteiger partial charge in [0.1, 0.15) is 12.6 Å².